The molecule has 0 saturated carbocycles. The molecule has 0 atom stereocenters. The number of hydrogen-bond donors (Lipinski definition) is 2. The molecule has 6 nitrogen and oxygen atoms in total. The second-order valence-corrected chi connectivity index (χ2v) is 3.98. The number of ether oxygens (including phenoxy) is 1. The lowest BCUT2D eigenvalue weighted by atomic mass is 10.2. The van der Waals surface area contributed by atoms with Crippen molar-refractivity contribution in [1.82, 2.24) is 4.98 Å². The number of aromatic nitrogens is 1. The number of oxime groups is 1. The Kier molecular flexibility index (Phi) is 4.28. The maximum absolute atomic E-state index is 11.9. The minimum atomic E-state index is -0.497. The van der Waals surface area contributed by atoms with Gasteiger partial charge in [-0.3, -0.25) is 4.98 Å². The van der Waals surface area contributed by atoms with Gasteiger partial charge in [-0.05, 0) is 17.7 Å². The number of nitrogens with two attached hydrogens (primary N) is 1. The van der Waals surface area contributed by atoms with Crippen molar-refractivity contribution in [1.29, 1.82) is 0 Å². The number of benzene rings is 1. The predicted octanol–water partition coefficient (Wildman–Crippen LogP) is 1.53. The second-order valence-electron chi connectivity index (χ2n) is 3.98. The Morgan fingerprint density at radius 2 is 2.05 bits per heavy atom. The van der Waals surface area contributed by atoms with E-state index >= 15 is 0 Å². The van der Waals surface area contributed by atoms with Crippen molar-refractivity contribution in [3.63, 3.8) is 0 Å². The first kappa shape index (κ1) is 13.5. The van der Waals surface area contributed by atoms with Crippen LogP contribution in [0.15, 0.2) is 53.8 Å². The number of carbonyl (C=O) groups excluding carboxylic acids is 1. The molecular formula is C14H13N3O3. The average molecular weight is 271 g/mol. The molecular weight excluding hydrogens is 258 g/mol. The van der Waals surface area contributed by atoms with Crippen molar-refractivity contribution >= 4 is 11.8 Å². The van der Waals surface area contributed by atoms with Crippen LogP contribution in [0.1, 0.15) is 21.6 Å². The molecule has 0 saturated heterocycles. The maximum atomic E-state index is 11.9. The minimum absolute atomic E-state index is 0.164. The van der Waals surface area contributed by atoms with Gasteiger partial charge in [-0.2, -0.15) is 0 Å². The Morgan fingerprint density at radius 1 is 1.30 bits per heavy atom. The van der Waals surface area contributed by atoms with Gasteiger partial charge in [0, 0.05) is 6.20 Å². The molecule has 0 aliphatic carbocycles. The third-order valence-electron chi connectivity index (χ3n) is 2.58. The summed E-state index contributed by atoms with van der Waals surface area (Å²) in [6, 6.07) is 12.3. The second kappa shape index (κ2) is 6.33. The maximum Gasteiger partial charge on any atom is 0.338 e. The molecule has 0 unspecified atom stereocenters. The number of carbonyl (C=O) groups is 1. The summed E-state index contributed by atoms with van der Waals surface area (Å²) in [7, 11) is 0. The highest BCUT2D eigenvalue weighted by molar-refractivity contribution is 5.98. The Labute approximate surface area is 115 Å². The fraction of sp³-hybridized carbons (Fsp3) is 0.0714. The third kappa shape index (κ3) is 3.32. The number of pyridine rings is 1. The minimum Gasteiger partial charge on any atom is -0.457 e. The fourth-order valence-corrected chi connectivity index (χ4v) is 1.56. The van der Waals surface area contributed by atoms with Gasteiger partial charge in [0.05, 0.1) is 5.56 Å². The van der Waals surface area contributed by atoms with Crippen molar-refractivity contribution in [2.75, 3.05) is 0 Å². The standard InChI is InChI=1S/C14H13N3O3/c15-13(17-19)12-8-11(6-7-16-12)14(18)20-9-10-4-2-1-3-5-10/h1-8,19H,9H2,(H2,15,17). The number of amidine groups is 1. The zero-order valence-corrected chi connectivity index (χ0v) is 10.6. The van der Waals surface area contributed by atoms with Crippen LogP contribution in [0, 0.1) is 0 Å². The van der Waals surface area contributed by atoms with Crippen LogP contribution in [0.25, 0.3) is 0 Å². The SMILES string of the molecule is NC(=NO)c1cc(C(=O)OCc2ccccc2)ccn1. The first-order valence-electron chi connectivity index (χ1n) is 5.85. The van der Waals surface area contributed by atoms with Crippen molar-refractivity contribution < 1.29 is 14.7 Å². The Morgan fingerprint density at radius 3 is 2.75 bits per heavy atom. The number of hydrogen-bond acceptors (Lipinski definition) is 5. The average Bonchev–Trinajstić information content (AvgIpc) is 2.53. The van der Waals surface area contributed by atoms with E-state index in [1.807, 2.05) is 30.3 Å². The molecule has 0 spiro atoms. The summed E-state index contributed by atoms with van der Waals surface area (Å²) in [4.78, 5) is 15.8. The van der Waals surface area contributed by atoms with E-state index in [4.69, 9.17) is 15.7 Å². The van der Waals surface area contributed by atoms with Crippen LogP contribution in [0.5, 0.6) is 0 Å². The molecule has 0 bridgehead atoms. The fourth-order valence-electron chi connectivity index (χ4n) is 1.56. The van der Waals surface area contributed by atoms with Gasteiger partial charge in [0.2, 0.25) is 0 Å². The summed E-state index contributed by atoms with van der Waals surface area (Å²) < 4.78 is 5.17. The van der Waals surface area contributed by atoms with Crippen LogP contribution in [-0.4, -0.2) is 22.0 Å². The molecule has 2 rings (SSSR count). The predicted molar refractivity (Wildman–Crippen MR) is 72.3 cm³/mol. The number of rotatable bonds is 4. The molecule has 1 aromatic heterocycles. The normalized spacial score (nSPS) is 11.1. The summed E-state index contributed by atoms with van der Waals surface area (Å²) in [6.45, 7) is 0.181. The van der Waals surface area contributed by atoms with Crippen LogP contribution >= 0.6 is 0 Å². The molecule has 102 valence electrons. The van der Waals surface area contributed by atoms with E-state index in [-0.39, 0.29) is 23.7 Å². The highest BCUT2D eigenvalue weighted by atomic mass is 16.5. The van der Waals surface area contributed by atoms with Crippen molar-refractivity contribution in [3.05, 3.63) is 65.5 Å². The summed E-state index contributed by atoms with van der Waals surface area (Å²) >= 11 is 0. The smallest absolute Gasteiger partial charge is 0.338 e. The molecule has 0 amide bonds. The molecule has 6 heteroatoms. The molecule has 2 aromatic rings. The lowest BCUT2D eigenvalue weighted by molar-refractivity contribution is 0.0472. The van der Waals surface area contributed by atoms with Crippen molar-refractivity contribution in [2.45, 2.75) is 6.61 Å². The molecule has 0 radical (unpaired) electrons. The number of nitrogens with zero attached hydrogens (tertiary/aromatic N) is 2. The monoisotopic (exact) mass is 271 g/mol. The number of esters is 1. The molecule has 1 aromatic carbocycles. The lowest BCUT2D eigenvalue weighted by Gasteiger charge is -2.05. The van der Waals surface area contributed by atoms with E-state index in [9.17, 15) is 4.79 Å². The van der Waals surface area contributed by atoms with Crippen LogP contribution in [0.2, 0.25) is 0 Å². The zero-order chi connectivity index (χ0) is 14.4. The van der Waals surface area contributed by atoms with Gasteiger partial charge in [0.1, 0.15) is 12.3 Å². The summed E-state index contributed by atoms with van der Waals surface area (Å²) in [5.41, 5.74) is 6.81. The van der Waals surface area contributed by atoms with Gasteiger partial charge >= 0.3 is 5.97 Å². The van der Waals surface area contributed by atoms with E-state index in [0.717, 1.165) is 5.56 Å². The van der Waals surface area contributed by atoms with Gasteiger partial charge in [0.15, 0.2) is 5.84 Å². The van der Waals surface area contributed by atoms with E-state index in [2.05, 4.69) is 10.1 Å². The van der Waals surface area contributed by atoms with Gasteiger partial charge in [-0.25, -0.2) is 4.79 Å². The van der Waals surface area contributed by atoms with Gasteiger partial charge < -0.3 is 15.7 Å². The largest absolute Gasteiger partial charge is 0.457 e. The van der Waals surface area contributed by atoms with Gasteiger partial charge in [0.25, 0.3) is 0 Å². The van der Waals surface area contributed by atoms with E-state index in [0.29, 0.717) is 0 Å². The van der Waals surface area contributed by atoms with Crippen LogP contribution in [0.3, 0.4) is 0 Å². The molecule has 20 heavy (non-hydrogen) atoms. The topological polar surface area (TPSA) is 97.8 Å². The van der Waals surface area contributed by atoms with Crippen molar-refractivity contribution in [2.24, 2.45) is 10.9 Å². The van der Waals surface area contributed by atoms with Crippen LogP contribution in [0.4, 0.5) is 0 Å². The highest BCUT2D eigenvalue weighted by Crippen LogP contribution is 2.07. The third-order valence-corrected chi connectivity index (χ3v) is 2.58. The highest BCUT2D eigenvalue weighted by Gasteiger charge is 2.10. The van der Waals surface area contributed by atoms with Gasteiger partial charge in [-0.15, -0.1) is 0 Å². The summed E-state index contributed by atoms with van der Waals surface area (Å²) in [6.07, 6.45) is 1.40. The summed E-state index contributed by atoms with van der Waals surface area (Å²) in [5, 5.41) is 11.4. The zero-order valence-electron chi connectivity index (χ0n) is 10.6. The van der Waals surface area contributed by atoms with E-state index in [1.165, 1.54) is 18.3 Å². The molecule has 3 N–H and O–H groups in total. The van der Waals surface area contributed by atoms with Gasteiger partial charge in [-0.1, -0.05) is 35.5 Å². The first-order chi connectivity index (χ1) is 9.70. The lowest BCUT2D eigenvalue weighted by Crippen LogP contribution is -2.16. The van der Waals surface area contributed by atoms with E-state index in [1.54, 1.807) is 0 Å². The quantitative estimate of drug-likeness (QED) is 0.289. The molecule has 0 fully saturated rings. The Bertz CT molecular complexity index is 627. The Hall–Kier alpha value is -2.89. The molecule has 1 heterocycles. The Balaban J connectivity index is 2.06. The van der Waals surface area contributed by atoms with E-state index < -0.39 is 5.97 Å². The van der Waals surface area contributed by atoms with Crippen molar-refractivity contribution in [3.8, 4) is 0 Å². The molecule has 0 aliphatic heterocycles. The first-order valence-corrected chi connectivity index (χ1v) is 5.85. The molecule has 0 aliphatic rings. The summed E-state index contributed by atoms with van der Waals surface area (Å²) in [5.74, 6) is -0.661. The van der Waals surface area contributed by atoms with Crippen LogP contribution < -0.4 is 5.73 Å². The van der Waals surface area contributed by atoms with Crippen LogP contribution in [-0.2, 0) is 11.3 Å².